The van der Waals surface area contributed by atoms with Crippen molar-refractivity contribution in [2.24, 2.45) is 5.92 Å². The van der Waals surface area contributed by atoms with Gasteiger partial charge in [0.25, 0.3) is 0 Å². The van der Waals surface area contributed by atoms with E-state index in [-0.39, 0.29) is 11.9 Å². The molecule has 0 N–H and O–H groups in total. The van der Waals surface area contributed by atoms with Crippen LogP contribution in [0.5, 0.6) is 0 Å². The first-order valence-electron chi connectivity index (χ1n) is 7.51. The number of benzene rings is 1. The lowest BCUT2D eigenvalue weighted by Crippen LogP contribution is -2.40. The number of piperidine rings is 1. The average molecular weight is 364 g/mol. The number of halogens is 1. The van der Waals surface area contributed by atoms with Crippen LogP contribution in [0.15, 0.2) is 29.0 Å². The molecule has 0 radical (unpaired) electrons. The van der Waals surface area contributed by atoms with Gasteiger partial charge < -0.3 is 9.64 Å². The Balaban J connectivity index is 1.90. The number of nitrogens with zero attached hydrogens (tertiary/aromatic N) is 3. The van der Waals surface area contributed by atoms with Crippen LogP contribution in [0.4, 0.5) is 5.82 Å². The van der Waals surface area contributed by atoms with E-state index in [0.29, 0.717) is 13.2 Å². The predicted molar refractivity (Wildman–Crippen MR) is 88.8 cm³/mol. The molecule has 0 bridgehead atoms. The first kappa shape index (κ1) is 15.2. The fourth-order valence-corrected chi connectivity index (χ4v) is 3.25. The summed E-state index contributed by atoms with van der Waals surface area (Å²) in [5.41, 5.74) is 0.909. The summed E-state index contributed by atoms with van der Waals surface area (Å²) in [7, 11) is 0. The van der Waals surface area contributed by atoms with Gasteiger partial charge in [0, 0.05) is 22.9 Å². The number of hydrogen-bond donors (Lipinski definition) is 0. The van der Waals surface area contributed by atoms with Gasteiger partial charge in [-0.25, -0.2) is 9.97 Å². The van der Waals surface area contributed by atoms with E-state index in [4.69, 9.17) is 4.74 Å². The smallest absolute Gasteiger partial charge is 0.310 e. The Labute approximate surface area is 137 Å². The largest absolute Gasteiger partial charge is 0.466 e. The molecule has 22 heavy (non-hydrogen) atoms. The molecule has 0 aliphatic carbocycles. The van der Waals surface area contributed by atoms with Gasteiger partial charge in [0.2, 0.25) is 0 Å². The molecule has 1 aromatic heterocycles. The van der Waals surface area contributed by atoms with Gasteiger partial charge in [-0.2, -0.15) is 0 Å². The van der Waals surface area contributed by atoms with Gasteiger partial charge in [-0.1, -0.05) is 15.9 Å². The number of rotatable bonds is 3. The number of hydrogen-bond acceptors (Lipinski definition) is 5. The van der Waals surface area contributed by atoms with E-state index in [1.165, 1.54) is 0 Å². The van der Waals surface area contributed by atoms with Crippen LogP contribution in [0.2, 0.25) is 0 Å². The van der Waals surface area contributed by atoms with Crippen LogP contribution in [0.1, 0.15) is 19.8 Å². The van der Waals surface area contributed by atoms with Gasteiger partial charge in [-0.05, 0) is 38.0 Å². The zero-order valence-electron chi connectivity index (χ0n) is 12.5. The van der Waals surface area contributed by atoms with Crippen LogP contribution in [0, 0.1) is 5.92 Å². The summed E-state index contributed by atoms with van der Waals surface area (Å²) in [4.78, 5) is 22.9. The molecule has 2 heterocycles. The molecule has 1 atom stereocenters. The lowest BCUT2D eigenvalue weighted by Gasteiger charge is -2.32. The van der Waals surface area contributed by atoms with Crippen molar-refractivity contribution in [3.63, 3.8) is 0 Å². The van der Waals surface area contributed by atoms with Crippen molar-refractivity contribution in [1.82, 2.24) is 9.97 Å². The third-order valence-corrected chi connectivity index (χ3v) is 4.41. The summed E-state index contributed by atoms with van der Waals surface area (Å²) >= 11 is 3.50. The van der Waals surface area contributed by atoms with E-state index in [9.17, 15) is 4.79 Å². The predicted octanol–water partition coefficient (Wildman–Crippen LogP) is 3.17. The molecule has 0 saturated carbocycles. The zero-order valence-corrected chi connectivity index (χ0v) is 14.0. The quantitative estimate of drug-likeness (QED) is 0.783. The Morgan fingerprint density at radius 3 is 3.14 bits per heavy atom. The molecule has 1 unspecified atom stereocenters. The molecule has 6 heteroatoms. The third-order valence-electron chi connectivity index (χ3n) is 3.92. The maximum Gasteiger partial charge on any atom is 0.310 e. The molecule has 0 spiro atoms. The van der Waals surface area contributed by atoms with Crippen molar-refractivity contribution in [3.8, 4) is 0 Å². The van der Waals surface area contributed by atoms with Crippen LogP contribution in [0.25, 0.3) is 10.9 Å². The highest BCUT2D eigenvalue weighted by Crippen LogP contribution is 2.29. The highest BCUT2D eigenvalue weighted by Gasteiger charge is 2.28. The fraction of sp³-hybridized carbons (Fsp3) is 0.438. The molecular formula is C16H18BrN3O2. The molecule has 3 rings (SSSR count). The normalized spacial score (nSPS) is 18.5. The molecular weight excluding hydrogens is 346 g/mol. The van der Waals surface area contributed by atoms with E-state index in [2.05, 4.69) is 30.8 Å². The minimum Gasteiger partial charge on any atom is -0.466 e. The summed E-state index contributed by atoms with van der Waals surface area (Å²) in [6.07, 6.45) is 3.42. The van der Waals surface area contributed by atoms with E-state index in [1.807, 2.05) is 25.1 Å². The standard InChI is InChI=1S/C16H18BrN3O2/c1-2-22-16(21)11-4-3-7-20(9-11)15-13-8-12(17)5-6-14(13)18-10-19-15/h5-6,8,10-11H,2-4,7,9H2,1H3. The topological polar surface area (TPSA) is 55.3 Å². The van der Waals surface area contributed by atoms with Crippen molar-refractivity contribution in [3.05, 3.63) is 29.0 Å². The number of ether oxygens (including phenoxy) is 1. The zero-order chi connectivity index (χ0) is 15.5. The highest BCUT2D eigenvalue weighted by atomic mass is 79.9. The number of anilines is 1. The SMILES string of the molecule is CCOC(=O)C1CCCN(c2ncnc3ccc(Br)cc23)C1. The van der Waals surface area contributed by atoms with Crippen LogP contribution in [-0.4, -0.2) is 35.6 Å². The molecule has 5 nitrogen and oxygen atoms in total. The van der Waals surface area contributed by atoms with Crippen molar-refractivity contribution < 1.29 is 9.53 Å². The van der Waals surface area contributed by atoms with Crippen LogP contribution < -0.4 is 4.90 Å². The Morgan fingerprint density at radius 1 is 1.45 bits per heavy atom. The summed E-state index contributed by atoms with van der Waals surface area (Å²) in [6.45, 7) is 3.82. The molecule has 1 fully saturated rings. The molecule has 116 valence electrons. The monoisotopic (exact) mass is 363 g/mol. The van der Waals surface area contributed by atoms with Gasteiger partial charge in [0.1, 0.15) is 12.1 Å². The lowest BCUT2D eigenvalue weighted by atomic mass is 9.98. The minimum atomic E-state index is -0.105. The number of esters is 1. The first-order valence-corrected chi connectivity index (χ1v) is 8.30. The molecule has 2 aromatic rings. The van der Waals surface area contributed by atoms with Gasteiger partial charge in [0.05, 0.1) is 18.0 Å². The maximum absolute atomic E-state index is 12.0. The van der Waals surface area contributed by atoms with Gasteiger partial charge >= 0.3 is 5.97 Å². The summed E-state index contributed by atoms with van der Waals surface area (Å²) < 4.78 is 6.16. The number of carbonyl (C=O) groups is 1. The summed E-state index contributed by atoms with van der Waals surface area (Å²) in [5, 5.41) is 1.00. The van der Waals surface area contributed by atoms with E-state index < -0.39 is 0 Å². The fourth-order valence-electron chi connectivity index (χ4n) is 2.89. The van der Waals surface area contributed by atoms with Crippen LogP contribution in [0.3, 0.4) is 0 Å². The Kier molecular flexibility index (Phi) is 4.57. The van der Waals surface area contributed by atoms with Gasteiger partial charge in [-0.15, -0.1) is 0 Å². The molecule has 1 aliphatic rings. The summed E-state index contributed by atoms with van der Waals surface area (Å²) in [5.74, 6) is 0.706. The molecule has 0 amide bonds. The Morgan fingerprint density at radius 2 is 2.32 bits per heavy atom. The molecule has 1 aliphatic heterocycles. The van der Waals surface area contributed by atoms with Gasteiger partial charge in [0.15, 0.2) is 0 Å². The molecule has 1 saturated heterocycles. The average Bonchev–Trinajstić information content (AvgIpc) is 2.54. The molecule has 1 aromatic carbocycles. The number of fused-ring (bicyclic) bond motifs is 1. The Bertz CT molecular complexity index is 692. The third kappa shape index (κ3) is 3.06. The van der Waals surface area contributed by atoms with E-state index >= 15 is 0 Å². The van der Waals surface area contributed by atoms with Crippen LogP contribution >= 0.6 is 15.9 Å². The second kappa shape index (κ2) is 6.60. The first-order chi connectivity index (χ1) is 10.7. The van der Waals surface area contributed by atoms with Crippen LogP contribution in [-0.2, 0) is 9.53 Å². The van der Waals surface area contributed by atoms with Gasteiger partial charge in [-0.3, -0.25) is 4.79 Å². The second-order valence-electron chi connectivity index (χ2n) is 5.40. The van der Waals surface area contributed by atoms with Crippen molar-refractivity contribution >= 4 is 38.6 Å². The highest BCUT2D eigenvalue weighted by molar-refractivity contribution is 9.10. The lowest BCUT2D eigenvalue weighted by molar-refractivity contribution is -0.148. The Hall–Kier alpha value is -1.69. The summed E-state index contributed by atoms with van der Waals surface area (Å²) in [6, 6.07) is 5.97. The van der Waals surface area contributed by atoms with E-state index in [1.54, 1.807) is 6.33 Å². The van der Waals surface area contributed by atoms with Crippen molar-refractivity contribution in [2.75, 3.05) is 24.6 Å². The second-order valence-corrected chi connectivity index (χ2v) is 6.31. The van der Waals surface area contributed by atoms with Crippen molar-refractivity contribution in [1.29, 1.82) is 0 Å². The minimum absolute atomic E-state index is 0.0779. The number of aromatic nitrogens is 2. The number of carbonyl (C=O) groups excluding carboxylic acids is 1. The van der Waals surface area contributed by atoms with Crippen molar-refractivity contribution in [2.45, 2.75) is 19.8 Å². The maximum atomic E-state index is 12.0. The van der Waals surface area contributed by atoms with E-state index in [0.717, 1.165) is 40.6 Å².